The molecule has 2 aliphatic rings. The molecule has 2 heterocycles. The molecule has 0 aromatic heterocycles. The van der Waals surface area contributed by atoms with Crippen LogP contribution in [0.25, 0.3) is 0 Å². The Morgan fingerprint density at radius 1 is 1.06 bits per heavy atom. The molecule has 2 aliphatic heterocycles. The molecule has 0 spiro atoms. The number of methoxy groups -OCH3 is 1. The van der Waals surface area contributed by atoms with Crippen LogP contribution in [0.15, 0.2) is 47.4 Å². The van der Waals surface area contributed by atoms with Crippen LogP contribution in [0.3, 0.4) is 0 Å². The molecule has 1 atom stereocenters. The highest BCUT2D eigenvalue weighted by molar-refractivity contribution is 7.89. The van der Waals surface area contributed by atoms with Gasteiger partial charge in [-0.05, 0) is 42.7 Å². The molecule has 0 saturated carbocycles. The normalized spacial score (nSPS) is 17.9. The van der Waals surface area contributed by atoms with Gasteiger partial charge < -0.3 is 14.2 Å². The molecule has 2 amide bonds. The minimum absolute atomic E-state index is 0.0231. The number of nitrogens with one attached hydrogen (secondary N) is 2. The molecule has 176 valence electrons. The van der Waals surface area contributed by atoms with Crippen molar-refractivity contribution in [3.63, 3.8) is 0 Å². The Morgan fingerprint density at radius 3 is 2.52 bits per heavy atom. The van der Waals surface area contributed by atoms with E-state index in [2.05, 4.69) is 10.9 Å². The van der Waals surface area contributed by atoms with E-state index in [0.717, 1.165) is 9.87 Å². The minimum Gasteiger partial charge on any atom is -0.497 e. The van der Waals surface area contributed by atoms with Crippen molar-refractivity contribution in [3.05, 3.63) is 48.0 Å². The number of rotatable bonds is 6. The molecule has 0 aliphatic carbocycles. The van der Waals surface area contributed by atoms with Crippen LogP contribution in [0, 0.1) is 0 Å². The van der Waals surface area contributed by atoms with Gasteiger partial charge in [0.2, 0.25) is 15.9 Å². The number of benzene rings is 2. The second-order valence-electron chi connectivity index (χ2n) is 7.64. The van der Waals surface area contributed by atoms with E-state index in [1.54, 1.807) is 37.4 Å². The molecule has 0 bridgehead atoms. The Bertz CT molecular complexity index is 1140. The zero-order chi connectivity index (χ0) is 23.4. The Kier molecular flexibility index (Phi) is 6.70. The smallest absolute Gasteiger partial charge is 0.256 e. The number of hydrogen-bond donors (Lipinski definition) is 2. The SMILES string of the molecule is COc1ccc(CC(=O)NNC(=O)C2CCCN2S(=O)(=O)c2ccc3c(c2)OCCO3)cc1. The molecule has 1 unspecified atom stereocenters. The Balaban J connectivity index is 1.38. The summed E-state index contributed by atoms with van der Waals surface area (Å²) in [6.45, 7) is 0.938. The van der Waals surface area contributed by atoms with E-state index in [9.17, 15) is 18.0 Å². The summed E-state index contributed by atoms with van der Waals surface area (Å²) in [6.07, 6.45) is 0.930. The van der Waals surface area contributed by atoms with Crippen molar-refractivity contribution in [2.75, 3.05) is 26.9 Å². The number of sulfonamides is 1. The van der Waals surface area contributed by atoms with E-state index in [4.69, 9.17) is 14.2 Å². The van der Waals surface area contributed by atoms with E-state index >= 15 is 0 Å². The Labute approximate surface area is 191 Å². The minimum atomic E-state index is -3.95. The predicted octanol–water partition coefficient (Wildman–Crippen LogP) is 1.01. The van der Waals surface area contributed by atoms with Crippen molar-refractivity contribution < 1.29 is 32.2 Å². The number of hydrazine groups is 1. The summed E-state index contributed by atoms with van der Waals surface area (Å²) in [5.74, 6) is 0.501. The maximum Gasteiger partial charge on any atom is 0.256 e. The number of ether oxygens (including phenoxy) is 3. The Morgan fingerprint density at radius 2 is 1.79 bits per heavy atom. The van der Waals surface area contributed by atoms with Crippen molar-refractivity contribution in [2.24, 2.45) is 0 Å². The van der Waals surface area contributed by atoms with Gasteiger partial charge in [0, 0.05) is 12.6 Å². The van der Waals surface area contributed by atoms with Crippen LogP contribution in [-0.2, 0) is 26.0 Å². The van der Waals surface area contributed by atoms with Gasteiger partial charge in [-0.25, -0.2) is 8.42 Å². The van der Waals surface area contributed by atoms with Gasteiger partial charge in [0.25, 0.3) is 5.91 Å². The third-order valence-corrected chi connectivity index (χ3v) is 7.38. The van der Waals surface area contributed by atoms with Gasteiger partial charge in [-0.1, -0.05) is 12.1 Å². The zero-order valence-electron chi connectivity index (χ0n) is 18.1. The average molecular weight is 476 g/mol. The summed E-state index contributed by atoms with van der Waals surface area (Å²) in [6, 6.07) is 10.4. The summed E-state index contributed by atoms with van der Waals surface area (Å²) in [7, 11) is -2.39. The monoisotopic (exact) mass is 475 g/mol. The van der Waals surface area contributed by atoms with Crippen molar-refractivity contribution in [2.45, 2.75) is 30.2 Å². The first kappa shape index (κ1) is 22.9. The highest BCUT2D eigenvalue weighted by atomic mass is 32.2. The zero-order valence-corrected chi connectivity index (χ0v) is 18.9. The van der Waals surface area contributed by atoms with E-state index in [-0.39, 0.29) is 17.9 Å². The standard InChI is InChI=1S/C22H25N3O7S/c1-30-16-6-4-15(5-7-16)13-21(26)23-24-22(27)18-3-2-10-25(18)33(28,29)17-8-9-19-20(14-17)32-12-11-31-19/h4-9,14,18H,2-3,10-13H2,1H3,(H,23,26)(H,24,27). The van der Waals surface area contributed by atoms with Crippen LogP contribution < -0.4 is 25.1 Å². The van der Waals surface area contributed by atoms with Gasteiger partial charge >= 0.3 is 0 Å². The summed E-state index contributed by atoms with van der Waals surface area (Å²) in [5, 5.41) is 0. The largest absolute Gasteiger partial charge is 0.497 e. The number of fused-ring (bicyclic) bond motifs is 1. The third kappa shape index (κ3) is 5.04. The van der Waals surface area contributed by atoms with Crippen LogP contribution in [0.2, 0.25) is 0 Å². The second kappa shape index (κ2) is 9.67. The van der Waals surface area contributed by atoms with Gasteiger partial charge in [0.1, 0.15) is 25.0 Å². The lowest BCUT2D eigenvalue weighted by Crippen LogP contribution is -2.51. The highest BCUT2D eigenvalue weighted by Crippen LogP contribution is 2.34. The fourth-order valence-corrected chi connectivity index (χ4v) is 5.47. The van der Waals surface area contributed by atoms with Gasteiger partial charge in [-0.15, -0.1) is 0 Å². The van der Waals surface area contributed by atoms with Gasteiger partial charge in [0.15, 0.2) is 11.5 Å². The molecule has 33 heavy (non-hydrogen) atoms. The fraction of sp³-hybridized carbons (Fsp3) is 0.364. The van der Waals surface area contributed by atoms with Gasteiger partial charge in [0.05, 0.1) is 18.4 Å². The molecule has 0 radical (unpaired) electrons. The number of carbonyl (C=O) groups excluding carboxylic acids is 2. The van der Waals surface area contributed by atoms with Gasteiger partial charge in [-0.2, -0.15) is 4.31 Å². The van der Waals surface area contributed by atoms with Crippen LogP contribution in [0.4, 0.5) is 0 Å². The number of hydrogen-bond acceptors (Lipinski definition) is 7. The maximum atomic E-state index is 13.2. The molecule has 1 saturated heterocycles. The molecule has 2 N–H and O–H groups in total. The van der Waals surface area contributed by atoms with E-state index in [1.807, 2.05) is 0 Å². The number of amides is 2. The maximum absolute atomic E-state index is 13.2. The van der Waals surface area contributed by atoms with Crippen LogP contribution in [-0.4, -0.2) is 57.4 Å². The molecule has 2 aromatic carbocycles. The van der Waals surface area contributed by atoms with Gasteiger partial charge in [-0.3, -0.25) is 20.4 Å². The van der Waals surface area contributed by atoms with Crippen molar-refractivity contribution in [3.8, 4) is 17.2 Å². The van der Waals surface area contributed by atoms with Crippen LogP contribution >= 0.6 is 0 Å². The van der Waals surface area contributed by atoms with Crippen molar-refractivity contribution in [1.82, 2.24) is 15.2 Å². The van der Waals surface area contributed by atoms with E-state index in [1.165, 1.54) is 12.1 Å². The van der Waals surface area contributed by atoms with Crippen molar-refractivity contribution in [1.29, 1.82) is 0 Å². The first-order valence-corrected chi connectivity index (χ1v) is 12.0. The summed E-state index contributed by atoms with van der Waals surface area (Å²) in [4.78, 5) is 24.9. The van der Waals surface area contributed by atoms with E-state index < -0.39 is 27.9 Å². The van der Waals surface area contributed by atoms with Crippen LogP contribution in [0.5, 0.6) is 17.2 Å². The predicted molar refractivity (Wildman–Crippen MR) is 117 cm³/mol. The lowest BCUT2D eigenvalue weighted by atomic mass is 10.1. The fourth-order valence-electron chi connectivity index (χ4n) is 3.80. The topological polar surface area (TPSA) is 123 Å². The first-order valence-electron chi connectivity index (χ1n) is 10.5. The third-order valence-electron chi connectivity index (χ3n) is 5.48. The molecular formula is C22H25N3O7S. The molecule has 4 rings (SSSR count). The molecule has 10 nitrogen and oxygen atoms in total. The first-order chi connectivity index (χ1) is 15.9. The number of carbonyl (C=O) groups is 2. The quantitative estimate of drug-likeness (QED) is 0.598. The second-order valence-corrected chi connectivity index (χ2v) is 9.53. The molecular weight excluding hydrogens is 450 g/mol. The van der Waals surface area contributed by atoms with E-state index in [0.29, 0.717) is 43.3 Å². The summed E-state index contributed by atoms with van der Waals surface area (Å²) >= 11 is 0. The average Bonchev–Trinajstić information content (AvgIpc) is 3.34. The van der Waals surface area contributed by atoms with Crippen LogP contribution in [0.1, 0.15) is 18.4 Å². The number of nitrogens with zero attached hydrogens (tertiary/aromatic N) is 1. The summed E-state index contributed by atoms with van der Waals surface area (Å²) < 4.78 is 43.6. The highest BCUT2D eigenvalue weighted by Gasteiger charge is 2.40. The lowest BCUT2D eigenvalue weighted by Gasteiger charge is -2.24. The van der Waals surface area contributed by atoms with Crippen molar-refractivity contribution >= 4 is 21.8 Å². The Hall–Kier alpha value is -3.31. The lowest BCUT2D eigenvalue weighted by molar-refractivity contribution is -0.130. The molecule has 1 fully saturated rings. The molecule has 2 aromatic rings. The summed E-state index contributed by atoms with van der Waals surface area (Å²) in [5.41, 5.74) is 5.46. The molecule has 11 heteroatoms.